The molecule has 31 heavy (non-hydrogen) atoms. The maximum Gasteiger partial charge on any atom is 0.573 e. The summed E-state index contributed by atoms with van der Waals surface area (Å²) in [6.07, 6.45) is -2.13. The SMILES string of the molecule is N#Cc1cnc(NCc2ccccc2OC(F)(F)F)nc1NCC(=O)CC1CCNC1. The van der Waals surface area contributed by atoms with Crippen LogP contribution < -0.4 is 20.7 Å². The van der Waals surface area contributed by atoms with Crippen LogP contribution in [0.2, 0.25) is 0 Å². The second-order valence-electron chi connectivity index (χ2n) is 7.03. The summed E-state index contributed by atoms with van der Waals surface area (Å²) >= 11 is 0. The van der Waals surface area contributed by atoms with E-state index in [2.05, 4.69) is 30.7 Å². The van der Waals surface area contributed by atoms with Gasteiger partial charge in [0, 0.05) is 18.5 Å². The van der Waals surface area contributed by atoms with Crippen molar-refractivity contribution < 1.29 is 22.7 Å². The number of hydrogen-bond donors (Lipinski definition) is 3. The molecule has 1 unspecified atom stereocenters. The van der Waals surface area contributed by atoms with E-state index in [1.54, 1.807) is 6.07 Å². The summed E-state index contributed by atoms with van der Waals surface area (Å²) in [5.41, 5.74) is 0.407. The number of carbonyl (C=O) groups is 1. The molecule has 1 fully saturated rings. The number of rotatable bonds is 9. The highest BCUT2D eigenvalue weighted by atomic mass is 19.4. The van der Waals surface area contributed by atoms with E-state index >= 15 is 0 Å². The second kappa shape index (κ2) is 10.1. The van der Waals surface area contributed by atoms with E-state index in [1.807, 2.05) is 6.07 Å². The van der Waals surface area contributed by atoms with Crippen LogP contribution in [0, 0.1) is 17.2 Å². The molecule has 0 spiro atoms. The molecular formula is C20H21F3N6O2. The molecule has 1 atom stereocenters. The van der Waals surface area contributed by atoms with Crippen LogP contribution >= 0.6 is 0 Å². The average molecular weight is 434 g/mol. The van der Waals surface area contributed by atoms with E-state index in [9.17, 15) is 23.2 Å². The van der Waals surface area contributed by atoms with Gasteiger partial charge in [0.1, 0.15) is 23.2 Å². The minimum absolute atomic E-state index is 0.00365. The third-order valence-electron chi connectivity index (χ3n) is 4.68. The molecule has 11 heteroatoms. The van der Waals surface area contributed by atoms with Crippen molar-refractivity contribution >= 4 is 17.5 Å². The smallest absolute Gasteiger partial charge is 0.405 e. The molecule has 1 aromatic heterocycles. The summed E-state index contributed by atoms with van der Waals surface area (Å²) < 4.78 is 41.7. The van der Waals surface area contributed by atoms with Gasteiger partial charge in [-0.3, -0.25) is 4.79 Å². The molecule has 1 aliphatic heterocycles. The normalized spacial score (nSPS) is 15.9. The van der Waals surface area contributed by atoms with Crippen LogP contribution in [0.15, 0.2) is 30.5 Å². The molecule has 164 valence electrons. The van der Waals surface area contributed by atoms with Gasteiger partial charge in [-0.2, -0.15) is 10.2 Å². The molecule has 3 N–H and O–H groups in total. The number of aromatic nitrogens is 2. The highest BCUT2D eigenvalue weighted by molar-refractivity contribution is 5.83. The van der Waals surface area contributed by atoms with Gasteiger partial charge < -0.3 is 20.7 Å². The molecule has 3 rings (SSSR count). The topological polar surface area (TPSA) is 112 Å². The average Bonchev–Trinajstić information content (AvgIpc) is 3.23. The number of alkyl halides is 3. The summed E-state index contributed by atoms with van der Waals surface area (Å²) in [6.45, 7) is 1.70. The number of ketones is 1. The zero-order valence-electron chi connectivity index (χ0n) is 16.5. The summed E-state index contributed by atoms with van der Waals surface area (Å²) in [7, 11) is 0. The van der Waals surface area contributed by atoms with E-state index in [4.69, 9.17) is 0 Å². The van der Waals surface area contributed by atoms with Gasteiger partial charge in [-0.1, -0.05) is 18.2 Å². The highest BCUT2D eigenvalue weighted by Crippen LogP contribution is 2.26. The second-order valence-corrected chi connectivity index (χ2v) is 7.03. The molecule has 2 heterocycles. The first-order chi connectivity index (χ1) is 14.8. The Kier molecular flexibility index (Phi) is 7.25. The number of benzene rings is 1. The maximum atomic E-state index is 12.6. The first-order valence-electron chi connectivity index (χ1n) is 9.65. The Morgan fingerprint density at radius 3 is 2.84 bits per heavy atom. The lowest BCUT2D eigenvalue weighted by Crippen LogP contribution is -2.20. The van der Waals surface area contributed by atoms with E-state index in [0.29, 0.717) is 12.3 Å². The van der Waals surface area contributed by atoms with Crippen LogP contribution in [0.3, 0.4) is 0 Å². The van der Waals surface area contributed by atoms with Crippen molar-refractivity contribution in [1.29, 1.82) is 5.26 Å². The zero-order chi connectivity index (χ0) is 22.3. The first-order valence-corrected chi connectivity index (χ1v) is 9.65. The van der Waals surface area contributed by atoms with E-state index in [-0.39, 0.29) is 47.5 Å². The van der Waals surface area contributed by atoms with E-state index in [0.717, 1.165) is 19.5 Å². The number of ether oxygens (including phenoxy) is 1. The predicted octanol–water partition coefficient (Wildman–Crippen LogP) is 2.84. The van der Waals surface area contributed by atoms with Gasteiger partial charge in [0.15, 0.2) is 5.78 Å². The summed E-state index contributed by atoms with van der Waals surface area (Å²) in [5.74, 6) is 0.255. The van der Waals surface area contributed by atoms with Crippen molar-refractivity contribution in [1.82, 2.24) is 15.3 Å². The van der Waals surface area contributed by atoms with Crippen molar-refractivity contribution in [3.8, 4) is 11.8 Å². The van der Waals surface area contributed by atoms with Crippen molar-refractivity contribution in [3.05, 3.63) is 41.6 Å². The Labute approximate surface area is 176 Å². The molecule has 2 aromatic rings. The number of nitriles is 1. The van der Waals surface area contributed by atoms with Crippen molar-refractivity contribution in [2.45, 2.75) is 25.7 Å². The number of carbonyl (C=O) groups excluding carboxylic acids is 1. The van der Waals surface area contributed by atoms with E-state index in [1.165, 1.54) is 24.4 Å². The third kappa shape index (κ3) is 6.82. The van der Waals surface area contributed by atoms with Gasteiger partial charge in [0.2, 0.25) is 5.95 Å². The molecule has 0 saturated carbocycles. The minimum atomic E-state index is -4.81. The fraction of sp³-hybridized carbons (Fsp3) is 0.400. The zero-order valence-corrected chi connectivity index (χ0v) is 16.5. The quantitative estimate of drug-likeness (QED) is 0.553. The lowest BCUT2D eigenvalue weighted by atomic mass is 10.0. The number of para-hydroxylation sites is 1. The highest BCUT2D eigenvalue weighted by Gasteiger charge is 2.32. The Bertz CT molecular complexity index is 955. The van der Waals surface area contributed by atoms with Crippen LogP contribution in [0.4, 0.5) is 24.9 Å². The molecule has 0 aliphatic carbocycles. The fourth-order valence-electron chi connectivity index (χ4n) is 3.20. The monoisotopic (exact) mass is 434 g/mol. The molecule has 1 aliphatic rings. The molecule has 0 radical (unpaired) electrons. The molecule has 0 amide bonds. The molecule has 0 bridgehead atoms. The number of hydrogen-bond acceptors (Lipinski definition) is 8. The Balaban J connectivity index is 1.63. The van der Waals surface area contributed by atoms with Gasteiger partial charge in [0.05, 0.1) is 12.7 Å². The first kappa shape index (κ1) is 22.3. The largest absolute Gasteiger partial charge is 0.573 e. The van der Waals surface area contributed by atoms with Crippen molar-refractivity contribution in [3.63, 3.8) is 0 Å². The predicted molar refractivity (Wildman–Crippen MR) is 106 cm³/mol. The van der Waals surface area contributed by atoms with Gasteiger partial charge in [-0.15, -0.1) is 13.2 Å². The number of nitrogens with one attached hydrogen (secondary N) is 3. The minimum Gasteiger partial charge on any atom is -0.405 e. The van der Waals surface area contributed by atoms with Crippen LogP contribution in [0.5, 0.6) is 5.75 Å². The molecule has 8 nitrogen and oxygen atoms in total. The van der Waals surface area contributed by atoms with Gasteiger partial charge in [-0.25, -0.2) is 4.98 Å². The summed E-state index contributed by atoms with van der Waals surface area (Å²) in [5, 5.41) is 18.1. The molecule has 1 saturated heterocycles. The van der Waals surface area contributed by atoms with Crippen LogP contribution in [-0.2, 0) is 11.3 Å². The molecular weight excluding hydrogens is 413 g/mol. The molecule has 1 aromatic carbocycles. The van der Waals surface area contributed by atoms with Gasteiger partial charge >= 0.3 is 6.36 Å². The Hall–Kier alpha value is -3.39. The van der Waals surface area contributed by atoms with Crippen molar-refractivity contribution in [2.75, 3.05) is 30.3 Å². The third-order valence-corrected chi connectivity index (χ3v) is 4.68. The lowest BCUT2D eigenvalue weighted by molar-refractivity contribution is -0.274. The van der Waals surface area contributed by atoms with Crippen LogP contribution in [0.25, 0.3) is 0 Å². The van der Waals surface area contributed by atoms with Crippen molar-refractivity contribution in [2.24, 2.45) is 5.92 Å². The summed E-state index contributed by atoms with van der Waals surface area (Å²) in [4.78, 5) is 20.4. The Morgan fingerprint density at radius 1 is 1.32 bits per heavy atom. The number of Topliss-reactive ketones (excluding diaryl/α,β-unsaturated/α-hetero) is 1. The number of halogens is 3. The fourth-order valence-corrected chi connectivity index (χ4v) is 3.20. The maximum absolute atomic E-state index is 12.6. The lowest BCUT2D eigenvalue weighted by Gasteiger charge is -2.14. The number of nitrogens with zero attached hydrogens (tertiary/aromatic N) is 3. The Morgan fingerprint density at radius 2 is 2.13 bits per heavy atom. The standard InChI is InChI=1S/C20H21F3N6O2/c21-20(22,23)31-17-4-2-1-3-14(17)10-27-19-28-11-15(8-24)18(29-19)26-12-16(30)7-13-5-6-25-9-13/h1-4,11,13,25H,5-7,9-10,12H2,(H2,26,27,28,29). The van der Waals surface area contributed by atoms with Crippen LogP contribution in [0.1, 0.15) is 24.0 Å². The van der Waals surface area contributed by atoms with Gasteiger partial charge in [-0.05, 0) is 31.5 Å². The van der Waals surface area contributed by atoms with Gasteiger partial charge in [0.25, 0.3) is 0 Å². The number of anilines is 2. The summed E-state index contributed by atoms with van der Waals surface area (Å²) in [6, 6.07) is 7.65. The van der Waals surface area contributed by atoms with Crippen LogP contribution in [-0.4, -0.2) is 41.7 Å². The van der Waals surface area contributed by atoms with E-state index < -0.39 is 6.36 Å².